The number of benzene rings is 1. The molecule has 0 spiro atoms. The molecule has 2 aliphatic rings. The Bertz CT molecular complexity index is 658. The molecular weight excluding hydrogens is 402 g/mol. The number of likely N-dealkylation sites (tertiary alicyclic amines) is 1. The number of nitrogens with zero attached hydrogens (tertiary/aromatic N) is 2. The molecule has 1 atom stereocenters. The topological polar surface area (TPSA) is 57.2 Å². The van der Waals surface area contributed by atoms with Crippen molar-refractivity contribution in [3.63, 3.8) is 0 Å². The first-order chi connectivity index (χ1) is 15.5. The summed E-state index contributed by atoms with van der Waals surface area (Å²) in [6.07, 6.45) is 9.82. The van der Waals surface area contributed by atoms with Crippen molar-refractivity contribution >= 4 is 0 Å². The highest BCUT2D eigenvalue weighted by Gasteiger charge is 2.21. The summed E-state index contributed by atoms with van der Waals surface area (Å²) in [5.74, 6) is 2.28. The summed E-state index contributed by atoms with van der Waals surface area (Å²) in [5, 5.41) is 14.1. The monoisotopic (exact) mass is 447 g/mol. The summed E-state index contributed by atoms with van der Waals surface area (Å²) in [7, 11) is 6.01. The molecule has 1 heterocycles. The average Bonchev–Trinajstić information content (AvgIpc) is 2.82. The molecule has 182 valence electrons. The Hall–Kier alpha value is -1.34. The van der Waals surface area contributed by atoms with Gasteiger partial charge in [-0.2, -0.15) is 0 Å². The van der Waals surface area contributed by atoms with Crippen molar-refractivity contribution in [3.8, 4) is 11.5 Å². The number of nitrogens with one attached hydrogen (secondary N) is 1. The van der Waals surface area contributed by atoms with Crippen LogP contribution < -0.4 is 14.8 Å². The number of hydrogen-bond acceptors (Lipinski definition) is 6. The van der Waals surface area contributed by atoms with Gasteiger partial charge in [0.15, 0.2) is 11.5 Å². The van der Waals surface area contributed by atoms with E-state index >= 15 is 0 Å². The molecule has 1 aromatic rings. The van der Waals surface area contributed by atoms with E-state index in [-0.39, 0.29) is 6.61 Å². The SMILES string of the molecule is COc1cc(CNCCC2CCN(C)CC2)ccc1OCC(O)CN(C)C1CCCCC1. The van der Waals surface area contributed by atoms with Crippen LogP contribution in [-0.2, 0) is 6.54 Å². The van der Waals surface area contributed by atoms with E-state index in [4.69, 9.17) is 9.47 Å². The van der Waals surface area contributed by atoms with E-state index in [1.165, 1.54) is 70.0 Å². The zero-order chi connectivity index (χ0) is 22.8. The standard InChI is InChI=1S/C26H45N3O3/c1-28-15-12-21(13-16-28)11-14-27-18-22-9-10-25(26(17-22)31-3)32-20-24(30)19-29(2)23-7-5-4-6-8-23/h9-10,17,21,23-24,27,30H,4-8,11-16,18-20H2,1-3H3. The number of hydrogen-bond donors (Lipinski definition) is 2. The van der Waals surface area contributed by atoms with Gasteiger partial charge in [-0.1, -0.05) is 25.3 Å². The van der Waals surface area contributed by atoms with Crippen LogP contribution in [0.25, 0.3) is 0 Å². The highest BCUT2D eigenvalue weighted by molar-refractivity contribution is 5.43. The fourth-order valence-electron chi connectivity index (χ4n) is 5.07. The molecule has 0 amide bonds. The van der Waals surface area contributed by atoms with Gasteiger partial charge in [-0.3, -0.25) is 0 Å². The molecule has 1 saturated carbocycles. The van der Waals surface area contributed by atoms with Gasteiger partial charge in [0.05, 0.1) is 7.11 Å². The van der Waals surface area contributed by atoms with Gasteiger partial charge in [0.2, 0.25) is 0 Å². The van der Waals surface area contributed by atoms with E-state index in [0.29, 0.717) is 18.3 Å². The molecule has 1 aliphatic heterocycles. The molecule has 1 aromatic carbocycles. The first kappa shape index (κ1) is 25.3. The number of aliphatic hydroxyl groups excluding tert-OH is 1. The van der Waals surface area contributed by atoms with Crippen LogP contribution in [0.1, 0.15) is 56.9 Å². The molecule has 2 fully saturated rings. The maximum atomic E-state index is 10.5. The van der Waals surface area contributed by atoms with Crippen LogP contribution in [0.15, 0.2) is 18.2 Å². The molecule has 3 rings (SSSR count). The van der Waals surface area contributed by atoms with Gasteiger partial charge in [0.25, 0.3) is 0 Å². The fraction of sp³-hybridized carbons (Fsp3) is 0.769. The van der Waals surface area contributed by atoms with E-state index in [1.54, 1.807) is 7.11 Å². The van der Waals surface area contributed by atoms with E-state index < -0.39 is 6.10 Å². The lowest BCUT2D eigenvalue weighted by Crippen LogP contribution is -2.40. The number of ether oxygens (including phenoxy) is 2. The molecule has 0 aromatic heterocycles. The van der Waals surface area contributed by atoms with Crippen molar-refractivity contribution in [1.82, 2.24) is 15.1 Å². The molecular formula is C26H45N3O3. The van der Waals surface area contributed by atoms with Gasteiger partial charge in [0.1, 0.15) is 12.7 Å². The summed E-state index contributed by atoms with van der Waals surface area (Å²) in [4.78, 5) is 4.72. The van der Waals surface area contributed by atoms with Crippen molar-refractivity contribution in [1.29, 1.82) is 0 Å². The lowest BCUT2D eigenvalue weighted by Gasteiger charge is -2.32. The minimum Gasteiger partial charge on any atom is -0.493 e. The van der Waals surface area contributed by atoms with Crippen molar-refractivity contribution in [2.24, 2.45) is 5.92 Å². The average molecular weight is 448 g/mol. The zero-order valence-corrected chi connectivity index (χ0v) is 20.5. The largest absolute Gasteiger partial charge is 0.493 e. The Labute approximate surface area is 195 Å². The second-order valence-electron chi connectivity index (χ2n) is 9.89. The van der Waals surface area contributed by atoms with Crippen molar-refractivity contribution in [2.75, 3.05) is 54.0 Å². The highest BCUT2D eigenvalue weighted by atomic mass is 16.5. The number of rotatable bonds is 12. The molecule has 1 unspecified atom stereocenters. The number of methoxy groups -OCH3 is 1. The lowest BCUT2D eigenvalue weighted by molar-refractivity contribution is 0.0553. The van der Waals surface area contributed by atoms with Gasteiger partial charge < -0.3 is 29.7 Å². The summed E-state index contributed by atoms with van der Waals surface area (Å²) in [5.41, 5.74) is 1.19. The van der Waals surface area contributed by atoms with Crippen LogP contribution in [-0.4, -0.2) is 81.0 Å². The number of likely N-dealkylation sites (N-methyl/N-ethyl adjacent to an activating group) is 1. The Morgan fingerprint density at radius 2 is 1.88 bits per heavy atom. The molecule has 0 radical (unpaired) electrons. The normalized spacial score (nSPS) is 19.9. The third kappa shape index (κ3) is 8.22. The minimum atomic E-state index is -0.507. The van der Waals surface area contributed by atoms with E-state index in [1.807, 2.05) is 12.1 Å². The third-order valence-electron chi connectivity index (χ3n) is 7.25. The van der Waals surface area contributed by atoms with E-state index in [0.717, 1.165) is 24.8 Å². The fourth-order valence-corrected chi connectivity index (χ4v) is 5.07. The number of aliphatic hydroxyl groups is 1. The molecule has 1 saturated heterocycles. The van der Waals surface area contributed by atoms with Crippen molar-refractivity contribution in [2.45, 2.75) is 70.1 Å². The van der Waals surface area contributed by atoms with Crippen LogP contribution >= 0.6 is 0 Å². The smallest absolute Gasteiger partial charge is 0.161 e. The summed E-state index contributed by atoms with van der Waals surface area (Å²) in [6, 6.07) is 6.68. The van der Waals surface area contributed by atoms with Crippen molar-refractivity contribution in [3.05, 3.63) is 23.8 Å². The van der Waals surface area contributed by atoms with Crippen LogP contribution in [0.2, 0.25) is 0 Å². The summed E-state index contributed by atoms with van der Waals surface area (Å²) in [6.45, 7) is 5.27. The molecule has 6 heteroatoms. The molecule has 0 bridgehead atoms. The minimum absolute atomic E-state index is 0.279. The van der Waals surface area contributed by atoms with Gasteiger partial charge in [-0.15, -0.1) is 0 Å². The lowest BCUT2D eigenvalue weighted by atomic mass is 9.94. The van der Waals surface area contributed by atoms with E-state index in [2.05, 4.69) is 35.3 Å². The summed E-state index contributed by atoms with van der Waals surface area (Å²) >= 11 is 0. The predicted molar refractivity (Wildman–Crippen MR) is 131 cm³/mol. The molecule has 2 N–H and O–H groups in total. The van der Waals surface area contributed by atoms with Gasteiger partial charge in [-0.05, 0) is 89.4 Å². The highest BCUT2D eigenvalue weighted by Crippen LogP contribution is 2.28. The maximum absolute atomic E-state index is 10.5. The van der Waals surface area contributed by atoms with Gasteiger partial charge in [0, 0.05) is 19.1 Å². The van der Waals surface area contributed by atoms with E-state index in [9.17, 15) is 5.11 Å². The van der Waals surface area contributed by atoms with Crippen LogP contribution in [0.3, 0.4) is 0 Å². The number of piperidine rings is 1. The Balaban J connectivity index is 1.38. The Morgan fingerprint density at radius 3 is 2.59 bits per heavy atom. The molecule has 1 aliphatic carbocycles. The van der Waals surface area contributed by atoms with Crippen LogP contribution in [0.5, 0.6) is 11.5 Å². The first-order valence-electron chi connectivity index (χ1n) is 12.6. The first-order valence-corrected chi connectivity index (χ1v) is 12.6. The zero-order valence-electron chi connectivity index (χ0n) is 20.5. The molecule has 6 nitrogen and oxygen atoms in total. The second kappa shape index (κ2) is 13.4. The summed E-state index contributed by atoms with van der Waals surface area (Å²) < 4.78 is 11.5. The quantitative estimate of drug-likeness (QED) is 0.478. The van der Waals surface area contributed by atoms with Crippen molar-refractivity contribution < 1.29 is 14.6 Å². The maximum Gasteiger partial charge on any atom is 0.161 e. The van der Waals surface area contributed by atoms with Crippen LogP contribution in [0.4, 0.5) is 0 Å². The predicted octanol–water partition coefficient (Wildman–Crippen LogP) is 3.52. The second-order valence-corrected chi connectivity index (χ2v) is 9.89. The van der Waals surface area contributed by atoms with Gasteiger partial charge in [-0.25, -0.2) is 0 Å². The third-order valence-corrected chi connectivity index (χ3v) is 7.25. The van der Waals surface area contributed by atoms with Gasteiger partial charge >= 0.3 is 0 Å². The molecule has 32 heavy (non-hydrogen) atoms. The van der Waals surface area contributed by atoms with Crippen LogP contribution in [0, 0.1) is 5.92 Å². The Morgan fingerprint density at radius 1 is 1.12 bits per heavy atom. The Kier molecular flexibility index (Phi) is 10.6.